The molecule has 0 aliphatic heterocycles. The van der Waals surface area contributed by atoms with Crippen molar-refractivity contribution in [3.63, 3.8) is 0 Å². The van der Waals surface area contributed by atoms with Gasteiger partial charge in [0.15, 0.2) is 0 Å². The van der Waals surface area contributed by atoms with Crippen LogP contribution in [-0.2, 0) is 7.05 Å². The normalized spacial score (nSPS) is 12.7. The summed E-state index contributed by atoms with van der Waals surface area (Å²) in [5, 5.41) is 7.90. The summed E-state index contributed by atoms with van der Waals surface area (Å²) in [6, 6.07) is 1.77. The Morgan fingerprint density at radius 2 is 2.31 bits per heavy atom. The smallest absolute Gasteiger partial charge is 0.115 e. The van der Waals surface area contributed by atoms with Crippen LogP contribution < -0.4 is 5.32 Å². The molecule has 0 aliphatic carbocycles. The minimum atomic E-state index is -0.0806. The fraction of sp³-hybridized carbons (Fsp3) is 0.300. The predicted molar refractivity (Wildman–Crippen MR) is 61.2 cm³/mol. The van der Waals surface area contributed by atoms with E-state index in [0.29, 0.717) is 5.02 Å². The van der Waals surface area contributed by atoms with E-state index in [1.807, 2.05) is 20.2 Å². The molecule has 0 radical (unpaired) electrons. The number of aromatic nitrogens is 4. The molecule has 1 unspecified atom stereocenters. The van der Waals surface area contributed by atoms with Gasteiger partial charge in [-0.1, -0.05) is 11.6 Å². The number of aryl methyl sites for hydroxylation is 1. The average molecular weight is 238 g/mol. The summed E-state index contributed by atoms with van der Waals surface area (Å²) in [5.74, 6) is 0. The Bertz CT molecular complexity index is 448. The quantitative estimate of drug-likeness (QED) is 0.871. The van der Waals surface area contributed by atoms with E-state index < -0.39 is 0 Å². The lowest BCUT2D eigenvalue weighted by atomic mass is 10.1. The van der Waals surface area contributed by atoms with Crippen molar-refractivity contribution >= 4 is 11.6 Å². The Balaban J connectivity index is 2.45. The molecule has 2 aromatic rings. The fourth-order valence-electron chi connectivity index (χ4n) is 1.64. The summed E-state index contributed by atoms with van der Waals surface area (Å²) in [6.07, 6.45) is 4.85. The van der Waals surface area contributed by atoms with Gasteiger partial charge >= 0.3 is 0 Å². The molecule has 0 spiro atoms. The van der Waals surface area contributed by atoms with E-state index in [0.717, 1.165) is 11.4 Å². The summed E-state index contributed by atoms with van der Waals surface area (Å²) >= 11 is 6.10. The van der Waals surface area contributed by atoms with Gasteiger partial charge in [-0.15, -0.1) is 0 Å². The Hall–Kier alpha value is -1.46. The molecule has 0 fully saturated rings. The lowest BCUT2D eigenvalue weighted by Crippen LogP contribution is -2.22. The Morgan fingerprint density at radius 3 is 2.81 bits per heavy atom. The molecular formula is C10H12ClN5. The van der Waals surface area contributed by atoms with Crippen LogP contribution in [-0.4, -0.2) is 26.8 Å². The Labute approximate surface area is 98.5 Å². The van der Waals surface area contributed by atoms with E-state index in [1.54, 1.807) is 17.1 Å². The molecule has 6 heteroatoms. The van der Waals surface area contributed by atoms with Crippen molar-refractivity contribution in [3.8, 4) is 0 Å². The van der Waals surface area contributed by atoms with Gasteiger partial charge in [-0.25, -0.2) is 9.97 Å². The van der Waals surface area contributed by atoms with Gasteiger partial charge in [0.05, 0.1) is 28.6 Å². The molecule has 1 atom stereocenters. The van der Waals surface area contributed by atoms with Gasteiger partial charge in [-0.2, -0.15) is 5.10 Å². The Morgan fingerprint density at radius 1 is 1.50 bits per heavy atom. The number of nitrogens with zero attached hydrogens (tertiary/aromatic N) is 4. The molecule has 0 saturated heterocycles. The molecule has 2 heterocycles. The number of hydrogen-bond acceptors (Lipinski definition) is 4. The molecule has 0 amide bonds. The lowest BCUT2D eigenvalue weighted by Gasteiger charge is -2.16. The second-order valence-electron chi connectivity index (χ2n) is 3.36. The zero-order chi connectivity index (χ0) is 11.5. The van der Waals surface area contributed by atoms with Crippen molar-refractivity contribution < 1.29 is 0 Å². The van der Waals surface area contributed by atoms with E-state index in [4.69, 9.17) is 11.6 Å². The molecule has 0 aromatic carbocycles. The first-order valence-corrected chi connectivity index (χ1v) is 5.22. The van der Waals surface area contributed by atoms with E-state index >= 15 is 0 Å². The average Bonchev–Trinajstić information content (AvgIpc) is 2.63. The van der Waals surface area contributed by atoms with Gasteiger partial charge in [0.2, 0.25) is 0 Å². The highest BCUT2D eigenvalue weighted by Gasteiger charge is 2.20. The van der Waals surface area contributed by atoms with Crippen molar-refractivity contribution in [2.45, 2.75) is 6.04 Å². The number of nitrogens with one attached hydrogen (secondary N) is 1. The third-order valence-corrected chi connectivity index (χ3v) is 2.69. The van der Waals surface area contributed by atoms with Crippen LogP contribution in [0, 0.1) is 0 Å². The van der Waals surface area contributed by atoms with Gasteiger partial charge in [-0.3, -0.25) is 4.68 Å². The predicted octanol–water partition coefficient (Wildman–Crippen LogP) is 1.17. The zero-order valence-corrected chi connectivity index (χ0v) is 9.81. The van der Waals surface area contributed by atoms with Gasteiger partial charge in [0, 0.05) is 13.2 Å². The van der Waals surface area contributed by atoms with Crippen molar-refractivity contribution in [3.05, 3.63) is 41.2 Å². The maximum atomic E-state index is 6.10. The van der Waals surface area contributed by atoms with Crippen LogP contribution in [0.3, 0.4) is 0 Å². The molecule has 84 valence electrons. The van der Waals surface area contributed by atoms with Gasteiger partial charge < -0.3 is 5.32 Å². The van der Waals surface area contributed by atoms with Crippen molar-refractivity contribution in [1.82, 2.24) is 25.1 Å². The lowest BCUT2D eigenvalue weighted by molar-refractivity contribution is 0.593. The SMILES string of the molecule is CNC(c1ccncn1)c1c(Cl)cnn1C. The topological polar surface area (TPSA) is 55.6 Å². The van der Waals surface area contributed by atoms with Crippen LogP contribution in [0.15, 0.2) is 24.8 Å². The standard InChI is InChI=1S/C10H12ClN5/c1-12-9(8-3-4-13-6-14-8)10-7(11)5-15-16(10)2/h3-6,9,12H,1-2H3. The molecule has 0 aliphatic rings. The number of rotatable bonds is 3. The van der Waals surface area contributed by atoms with E-state index in [-0.39, 0.29) is 6.04 Å². The monoisotopic (exact) mass is 237 g/mol. The van der Waals surface area contributed by atoms with Crippen LogP contribution >= 0.6 is 11.6 Å². The van der Waals surface area contributed by atoms with Crippen LogP contribution in [0.4, 0.5) is 0 Å². The third-order valence-electron chi connectivity index (χ3n) is 2.40. The molecule has 16 heavy (non-hydrogen) atoms. The second kappa shape index (κ2) is 4.59. The summed E-state index contributed by atoms with van der Waals surface area (Å²) in [7, 11) is 3.71. The highest BCUT2D eigenvalue weighted by Crippen LogP contribution is 2.25. The first kappa shape index (κ1) is 11.0. The first-order valence-electron chi connectivity index (χ1n) is 4.84. The molecule has 1 N–H and O–H groups in total. The van der Waals surface area contributed by atoms with Crippen molar-refractivity contribution in [1.29, 1.82) is 0 Å². The van der Waals surface area contributed by atoms with Crippen LogP contribution in [0.25, 0.3) is 0 Å². The minimum absolute atomic E-state index is 0.0806. The van der Waals surface area contributed by atoms with Gasteiger partial charge in [0.25, 0.3) is 0 Å². The molecule has 2 rings (SSSR count). The third kappa shape index (κ3) is 1.91. The molecule has 0 bridgehead atoms. The molecule has 5 nitrogen and oxygen atoms in total. The van der Waals surface area contributed by atoms with Crippen molar-refractivity contribution in [2.75, 3.05) is 7.05 Å². The molecule has 0 saturated carbocycles. The van der Waals surface area contributed by atoms with Crippen LogP contribution in [0.1, 0.15) is 17.4 Å². The van der Waals surface area contributed by atoms with Gasteiger partial charge in [-0.05, 0) is 13.1 Å². The minimum Gasteiger partial charge on any atom is -0.307 e. The summed E-state index contributed by atoms with van der Waals surface area (Å²) in [5.41, 5.74) is 1.76. The number of hydrogen-bond donors (Lipinski definition) is 1. The van der Waals surface area contributed by atoms with Gasteiger partial charge in [0.1, 0.15) is 6.33 Å². The fourth-order valence-corrected chi connectivity index (χ4v) is 1.92. The largest absolute Gasteiger partial charge is 0.307 e. The van der Waals surface area contributed by atoms with Crippen molar-refractivity contribution in [2.24, 2.45) is 7.05 Å². The van der Waals surface area contributed by atoms with Crippen LogP contribution in [0.5, 0.6) is 0 Å². The maximum Gasteiger partial charge on any atom is 0.115 e. The van der Waals surface area contributed by atoms with E-state index in [1.165, 1.54) is 6.33 Å². The molecule has 2 aromatic heterocycles. The van der Waals surface area contributed by atoms with E-state index in [9.17, 15) is 0 Å². The summed E-state index contributed by atoms with van der Waals surface area (Å²) in [4.78, 5) is 8.11. The van der Waals surface area contributed by atoms with E-state index in [2.05, 4.69) is 20.4 Å². The highest BCUT2D eigenvalue weighted by atomic mass is 35.5. The Kier molecular flexibility index (Phi) is 3.17. The zero-order valence-electron chi connectivity index (χ0n) is 9.05. The maximum absolute atomic E-state index is 6.10. The highest BCUT2D eigenvalue weighted by molar-refractivity contribution is 6.31. The first-order chi connectivity index (χ1) is 7.74. The summed E-state index contributed by atoms with van der Waals surface area (Å²) < 4.78 is 1.74. The molecular weight excluding hydrogens is 226 g/mol. The second-order valence-corrected chi connectivity index (χ2v) is 3.76. The van der Waals surface area contributed by atoms with Crippen LogP contribution in [0.2, 0.25) is 5.02 Å². The summed E-state index contributed by atoms with van der Waals surface area (Å²) in [6.45, 7) is 0. The number of halogens is 1.